The van der Waals surface area contributed by atoms with E-state index in [9.17, 15) is 22.8 Å². The fraction of sp³-hybridized carbons (Fsp3) is 0.385. The van der Waals surface area contributed by atoms with Crippen LogP contribution < -0.4 is 5.46 Å². The van der Waals surface area contributed by atoms with Crippen LogP contribution in [0.4, 0.5) is 13.2 Å². The van der Waals surface area contributed by atoms with Gasteiger partial charge in [0, 0.05) is 22.3 Å². The second-order valence-electron chi connectivity index (χ2n) is 8.88. The summed E-state index contributed by atoms with van der Waals surface area (Å²) in [6.07, 6.45) is -3.11. The van der Waals surface area contributed by atoms with E-state index in [0.717, 1.165) is 10.9 Å². The standard InChI is InChI=1S/C22H17BF3N3O2S.C2H6.2CH3.Sr/c1-9-17(23)12(7-14(28-9)22(24,25)26)11-4-5-27-13-6-10(32-18(11)13)8-29-19(30)15-16(20(29)31)21(15,2)3;1-2;;;/h4-7,15-16H,8H2,1-3H3;1-2H3;2*1H3;/q;;2*-1;+2. The topological polar surface area (TPSA) is 63.2 Å². The van der Waals surface area contributed by atoms with Gasteiger partial charge in [-0.15, -0.1) is 11.3 Å². The first-order valence-corrected chi connectivity index (χ1v) is 11.8. The maximum atomic E-state index is 13.3. The maximum absolute atomic E-state index is 13.3. The number of piperidine rings is 1. The van der Waals surface area contributed by atoms with Crippen LogP contribution in [0, 0.1) is 39.0 Å². The number of carbonyl (C=O) groups excluding carboxylic acids is 2. The Morgan fingerprint density at radius 1 is 1.08 bits per heavy atom. The molecule has 2 aliphatic rings. The van der Waals surface area contributed by atoms with Gasteiger partial charge in [0.1, 0.15) is 13.5 Å². The average molecular weight is 603 g/mol. The molecule has 3 aromatic heterocycles. The van der Waals surface area contributed by atoms with Gasteiger partial charge in [-0.3, -0.25) is 19.5 Å². The van der Waals surface area contributed by atoms with Crippen molar-refractivity contribution in [2.75, 3.05) is 0 Å². The van der Waals surface area contributed by atoms with Gasteiger partial charge in [0.2, 0.25) is 11.8 Å². The molecule has 2 fully saturated rings. The van der Waals surface area contributed by atoms with Crippen molar-refractivity contribution in [3.8, 4) is 11.1 Å². The van der Waals surface area contributed by atoms with Crippen molar-refractivity contribution >= 4 is 92.2 Å². The van der Waals surface area contributed by atoms with Crippen LogP contribution in [0.2, 0.25) is 0 Å². The zero-order chi connectivity index (χ0) is 25.2. The van der Waals surface area contributed by atoms with Crippen LogP contribution in [0.3, 0.4) is 0 Å². The van der Waals surface area contributed by atoms with Crippen LogP contribution >= 0.6 is 11.3 Å². The van der Waals surface area contributed by atoms with Crippen LogP contribution in [0.5, 0.6) is 0 Å². The van der Waals surface area contributed by atoms with Crippen molar-refractivity contribution < 1.29 is 22.8 Å². The van der Waals surface area contributed by atoms with E-state index in [-0.39, 0.29) is 113 Å². The molecule has 3 aromatic rings. The summed E-state index contributed by atoms with van der Waals surface area (Å²) in [4.78, 5) is 35.2. The second-order valence-corrected chi connectivity index (χ2v) is 10.0. The molecular weight excluding hydrogens is 574 g/mol. The Bertz CT molecular complexity index is 1300. The molecule has 5 rings (SSSR count). The minimum atomic E-state index is -4.61. The second kappa shape index (κ2) is 11.9. The van der Waals surface area contributed by atoms with Crippen molar-refractivity contribution in [2.24, 2.45) is 17.3 Å². The molecule has 2 amide bonds. The minimum Gasteiger partial charge on any atom is -0.358 e. The summed E-state index contributed by atoms with van der Waals surface area (Å²) in [6.45, 7) is 9.40. The number of nitrogens with zero attached hydrogens (tertiary/aromatic N) is 3. The van der Waals surface area contributed by atoms with Gasteiger partial charge in [0.15, 0.2) is 0 Å². The van der Waals surface area contributed by atoms with Gasteiger partial charge < -0.3 is 14.9 Å². The molecule has 4 heterocycles. The fourth-order valence-electron chi connectivity index (χ4n) is 4.64. The molecule has 1 aliphatic heterocycles. The number of alkyl halides is 3. The van der Waals surface area contributed by atoms with Crippen molar-refractivity contribution in [3.63, 3.8) is 0 Å². The van der Waals surface area contributed by atoms with Gasteiger partial charge in [-0.1, -0.05) is 33.2 Å². The van der Waals surface area contributed by atoms with Crippen molar-refractivity contribution in [2.45, 2.75) is 47.3 Å². The number of likely N-dealkylation sites (tertiary alicyclic amines) is 1. The molecule has 5 nitrogen and oxygen atoms in total. The third-order valence-corrected chi connectivity index (χ3v) is 7.64. The van der Waals surface area contributed by atoms with Gasteiger partial charge in [-0.05, 0) is 36.1 Å². The van der Waals surface area contributed by atoms with Crippen molar-refractivity contribution in [3.05, 3.63) is 55.5 Å². The maximum Gasteiger partial charge on any atom is 2.00 e. The first-order chi connectivity index (χ1) is 15.9. The summed E-state index contributed by atoms with van der Waals surface area (Å²) in [5.41, 5.74) is 0.238. The Morgan fingerprint density at radius 2 is 1.65 bits per heavy atom. The molecule has 2 unspecified atom stereocenters. The van der Waals surface area contributed by atoms with E-state index in [1.807, 2.05) is 27.7 Å². The number of carbonyl (C=O) groups is 2. The zero-order valence-corrected chi connectivity index (χ0v) is 26.4. The van der Waals surface area contributed by atoms with E-state index in [2.05, 4.69) is 9.97 Å². The normalized spacial score (nSPS) is 19.2. The zero-order valence-electron chi connectivity index (χ0n) is 22.2. The molecule has 0 aromatic carbocycles. The van der Waals surface area contributed by atoms with Crippen LogP contribution in [0.1, 0.15) is 44.0 Å². The molecule has 0 N–H and O–H groups in total. The number of aryl methyl sites for hydroxylation is 1. The van der Waals surface area contributed by atoms with E-state index in [4.69, 9.17) is 7.85 Å². The number of hydrogen-bond donors (Lipinski definition) is 0. The van der Waals surface area contributed by atoms with Crippen LogP contribution in [0.25, 0.3) is 21.3 Å². The number of imide groups is 1. The first kappa shape index (κ1) is 33.8. The third kappa shape index (κ3) is 5.71. The van der Waals surface area contributed by atoms with Gasteiger partial charge >= 0.3 is 51.7 Å². The molecule has 1 aliphatic carbocycles. The Kier molecular flexibility index (Phi) is 10.8. The van der Waals surface area contributed by atoms with E-state index in [1.165, 1.54) is 29.4 Å². The quantitative estimate of drug-likeness (QED) is 0.236. The summed E-state index contributed by atoms with van der Waals surface area (Å²) in [6, 6.07) is 4.31. The number of halogens is 3. The summed E-state index contributed by atoms with van der Waals surface area (Å²) in [5.74, 6) is -0.865. The largest absolute Gasteiger partial charge is 2.00 e. The molecule has 1 saturated carbocycles. The minimum absolute atomic E-state index is 0. The summed E-state index contributed by atoms with van der Waals surface area (Å²) in [7, 11) is 6.10. The predicted molar refractivity (Wildman–Crippen MR) is 144 cm³/mol. The number of pyridine rings is 2. The molecule has 192 valence electrons. The first-order valence-electron chi connectivity index (χ1n) is 11.0. The van der Waals surface area contributed by atoms with E-state index < -0.39 is 11.9 Å². The van der Waals surface area contributed by atoms with E-state index in [1.54, 1.807) is 12.1 Å². The molecule has 1 saturated heterocycles. The molecule has 37 heavy (non-hydrogen) atoms. The molecule has 0 spiro atoms. The van der Waals surface area contributed by atoms with Crippen LogP contribution in [0.15, 0.2) is 24.4 Å². The van der Waals surface area contributed by atoms with Gasteiger partial charge in [-0.2, -0.15) is 13.2 Å². The molecule has 11 heteroatoms. The summed E-state index contributed by atoms with van der Waals surface area (Å²) in [5, 5.41) is 0. The SMILES string of the molecule is CC.[B]c1c(-c2ccnc3cc(CN4C(=O)C5C(C4=O)C5(C)C)sc23)cc(C(F)(F)F)nc1C.[CH3-].[CH3-].[Sr+2]. The van der Waals surface area contributed by atoms with Crippen molar-refractivity contribution in [1.29, 1.82) is 0 Å². The number of fused-ring (bicyclic) bond motifs is 2. The summed E-state index contributed by atoms with van der Waals surface area (Å²) >= 11 is 1.29. The fourth-order valence-corrected chi connectivity index (χ4v) is 5.77. The van der Waals surface area contributed by atoms with Gasteiger partial charge in [0.05, 0.1) is 28.6 Å². The smallest absolute Gasteiger partial charge is 0.358 e. The Balaban J connectivity index is 0.00000134. The molecule has 0 bridgehead atoms. The predicted octanol–water partition coefficient (Wildman–Crippen LogP) is 5.17. The van der Waals surface area contributed by atoms with Crippen LogP contribution in [-0.4, -0.2) is 80.0 Å². The van der Waals surface area contributed by atoms with E-state index >= 15 is 0 Å². The molecular formula is C26H29BF3N3O2SSr. The Labute approximate surface area is 258 Å². The number of amides is 2. The molecule has 2 radical (unpaired) electrons. The number of thiophene rings is 1. The van der Waals surface area contributed by atoms with Crippen LogP contribution in [-0.2, 0) is 22.3 Å². The number of hydrogen-bond acceptors (Lipinski definition) is 5. The Morgan fingerprint density at radius 3 is 2.19 bits per heavy atom. The summed E-state index contributed by atoms with van der Waals surface area (Å²) < 4.78 is 40.6. The van der Waals surface area contributed by atoms with E-state index in [0.29, 0.717) is 15.8 Å². The van der Waals surface area contributed by atoms with Gasteiger partial charge in [0.25, 0.3) is 0 Å². The Hall–Kier alpha value is -1.26. The molecule has 2 atom stereocenters. The third-order valence-electron chi connectivity index (χ3n) is 6.50. The average Bonchev–Trinajstić information content (AvgIpc) is 3.03. The monoisotopic (exact) mass is 603 g/mol. The number of rotatable bonds is 3. The van der Waals surface area contributed by atoms with Gasteiger partial charge in [-0.25, -0.2) is 4.98 Å². The van der Waals surface area contributed by atoms with Crippen molar-refractivity contribution in [1.82, 2.24) is 14.9 Å². The number of aromatic nitrogens is 2.